The Labute approximate surface area is 137 Å². The van der Waals surface area contributed by atoms with E-state index >= 15 is 0 Å². The van der Waals surface area contributed by atoms with Crippen molar-refractivity contribution in [2.24, 2.45) is 12.0 Å². The number of nitrogens with one attached hydrogen (secondary N) is 2. The summed E-state index contributed by atoms with van der Waals surface area (Å²) in [4.78, 5) is 4.70. The highest BCUT2D eigenvalue weighted by Crippen LogP contribution is 2.16. The summed E-state index contributed by atoms with van der Waals surface area (Å²) in [6.45, 7) is 5.67. The molecule has 2 rings (SSSR count). The summed E-state index contributed by atoms with van der Waals surface area (Å²) in [5.41, 5.74) is 0. The quantitative estimate of drug-likeness (QED) is 0.475. The number of hydrogen-bond donors (Lipinski definition) is 2. The van der Waals surface area contributed by atoms with E-state index in [1.165, 1.54) is 25.0 Å². The topological polar surface area (TPSA) is 67.1 Å². The van der Waals surface area contributed by atoms with Gasteiger partial charge in [-0.05, 0) is 31.9 Å². The molecule has 1 aromatic heterocycles. The van der Waals surface area contributed by atoms with Gasteiger partial charge in [0.25, 0.3) is 0 Å². The summed E-state index contributed by atoms with van der Waals surface area (Å²) in [5, 5.41) is 15.3. The van der Waals surface area contributed by atoms with Gasteiger partial charge in [-0.3, -0.25) is 0 Å². The molecular weight excluding hydrogens is 296 g/mol. The minimum Gasteiger partial charge on any atom is -0.356 e. The summed E-state index contributed by atoms with van der Waals surface area (Å²) in [7, 11) is 1.98. The highest BCUT2D eigenvalue weighted by Gasteiger charge is 2.15. The van der Waals surface area contributed by atoms with Gasteiger partial charge < -0.3 is 15.2 Å². The molecule has 1 aromatic rings. The van der Waals surface area contributed by atoms with E-state index in [0.29, 0.717) is 12.6 Å². The normalized spacial score (nSPS) is 19.2. The van der Waals surface area contributed by atoms with Crippen LogP contribution in [0.2, 0.25) is 0 Å². The van der Waals surface area contributed by atoms with E-state index in [1.54, 1.807) is 0 Å². The first kappa shape index (κ1) is 17.1. The number of unbranched alkanes of at least 4 members (excludes halogenated alkanes) is 1. The summed E-state index contributed by atoms with van der Waals surface area (Å²) in [5.74, 6) is 5.17. The van der Waals surface area contributed by atoms with Gasteiger partial charge in [-0.15, -0.1) is 10.2 Å². The smallest absolute Gasteiger partial charge is 0.191 e. The fraction of sp³-hybridized carbons (Fsp3) is 0.800. The third-order valence-electron chi connectivity index (χ3n) is 3.89. The highest BCUT2D eigenvalue weighted by atomic mass is 32.2. The van der Waals surface area contributed by atoms with Crippen molar-refractivity contribution < 1.29 is 0 Å². The predicted molar refractivity (Wildman–Crippen MR) is 93.3 cm³/mol. The predicted octanol–water partition coefficient (Wildman–Crippen LogP) is 1.85. The molecule has 1 aliphatic heterocycles. The fourth-order valence-corrected chi connectivity index (χ4v) is 3.39. The van der Waals surface area contributed by atoms with Crippen molar-refractivity contribution in [2.75, 3.05) is 18.1 Å². The van der Waals surface area contributed by atoms with Crippen LogP contribution in [0.25, 0.3) is 0 Å². The van der Waals surface area contributed by atoms with Crippen molar-refractivity contribution >= 4 is 17.7 Å². The van der Waals surface area contributed by atoms with Crippen molar-refractivity contribution in [3.8, 4) is 0 Å². The van der Waals surface area contributed by atoms with Gasteiger partial charge in [0.2, 0.25) is 0 Å². The molecule has 6 nitrogen and oxygen atoms in total. The molecule has 0 amide bonds. The molecule has 2 N–H and O–H groups in total. The second-order valence-electron chi connectivity index (χ2n) is 5.73. The number of hydrogen-bond acceptors (Lipinski definition) is 4. The Bertz CT molecular complexity index is 478. The van der Waals surface area contributed by atoms with E-state index in [-0.39, 0.29) is 0 Å². The number of guanidine groups is 1. The summed E-state index contributed by atoms with van der Waals surface area (Å²) in [6, 6.07) is 0.521. The zero-order chi connectivity index (χ0) is 15.8. The molecule has 1 atom stereocenters. The zero-order valence-corrected chi connectivity index (χ0v) is 14.7. The summed E-state index contributed by atoms with van der Waals surface area (Å²) in [6.07, 6.45) is 4.85. The molecule has 0 aromatic carbocycles. The fourth-order valence-electron chi connectivity index (χ4n) is 2.32. The number of nitrogens with zero attached hydrogens (tertiary/aromatic N) is 4. The molecule has 2 heterocycles. The van der Waals surface area contributed by atoms with Crippen molar-refractivity contribution in [3.05, 3.63) is 11.6 Å². The molecule has 0 saturated carbocycles. The van der Waals surface area contributed by atoms with Crippen LogP contribution < -0.4 is 10.6 Å². The average Bonchev–Trinajstić information content (AvgIpc) is 2.85. The van der Waals surface area contributed by atoms with Gasteiger partial charge in [0.1, 0.15) is 12.4 Å². The van der Waals surface area contributed by atoms with E-state index < -0.39 is 0 Å². The van der Waals surface area contributed by atoms with Crippen LogP contribution >= 0.6 is 11.8 Å². The lowest BCUT2D eigenvalue weighted by atomic mass is 10.2. The van der Waals surface area contributed by atoms with Crippen molar-refractivity contribution in [1.29, 1.82) is 0 Å². The number of thioether (sulfide) groups is 1. The SMILES string of the molecule is CCCCNC(=NCc1nnc(C)n1C)NC1CCCSC1. The van der Waals surface area contributed by atoms with Crippen LogP contribution in [0.1, 0.15) is 44.3 Å². The van der Waals surface area contributed by atoms with Crippen LogP contribution in [0.4, 0.5) is 0 Å². The highest BCUT2D eigenvalue weighted by molar-refractivity contribution is 7.99. The molecule has 7 heteroatoms. The first-order chi connectivity index (χ1) is 10.7. The number of aromatic nitrogens is 3. The van der Waals surface area contributed by atoms with Crippen LogP contribution in [-0.4, -0.2) is 44.8 Å². The number of rotatable bonds is 6. The van der Waals surface area contributed by atoms with Crippen LogP contribution in [-0.2, 0) is 13.6 Å². The first-order valence-corrected chi connectivity index (χ1v) is 9.33. The van der Waals surface area contributed by atoms with Crippen LogP contribution in [0.5, 0.6) is 0 Å². The van der Waals surface area contributed by atoms with E-state index in [0.717, 1.165) is 36.3 Å². The van der Waals surface area contributed by atoms with Gasteiger partial charge in [-0.1, -0.05) is 13.3 Å². The third-order valence-corrected chi connectivity index (χ3v) is 5.10. The Hall–Kier alpha value is -1.24. The second kappa shape index (κ2) is 9.02. The van der Waals surface area contributed by atoms with Crippen LogP contribution in [0.3, 0.4) is 0 Å². The Kier molecular flexibility index (Phi) is 7.02. The van der Waals surface area contributed by atoms with Gasteiger partial charge >= 0.3 is 0 Å². The summed E-state index contributed by atoms with van der Waals surface area (Å²) < 4.78 is 1.99. The second-order valence-corrected chi connectivity index (χ2v) is 6.88. The van der Waals surface area contributed by atoms with E-state index in [4.69, 9.17) is 4.99 Å². The number of aryl methyl sites for hydroxylation is 1. The lowest BCUT2D eigenvalue weighted by molar-refractivity contribution is 0.578. The van der Waals surface area contributed by atoms with Gasteiger partial charge in [0.05, 0.1) is 0 Å². The van der Waals surface area contributed by atoms with Gasteiger partial charge in [0, 0.05) is 25.4 Å². The molecule has 0 aliphatic carbocycles. The lowest BCUT2D eigenvalue weighted by Gasteiger charge is -2.24. The Morgan fingerprint density at radius 3 is 2.95 bits per heavy atom. The van der Waals surface area contributed by atoms with Crippen LogP contribution in [0, 0.1) is 6.92 Å². The molecule has 0 bridgehead atoms. The minimum atomic E-state index is 0.521. The molecule has 124 valence electrons. The molecule has 1 unspecified atom stereocenters. The Balaban J connectivity index is 1.95. The molecule has 1 aliphatic rings. The minimum absolute atomic E-state index is 0.521. The van der Waals surface area contributed by atoms with Gasteiger partial charge in [-0.2, -0.15) is 11.8 Å². The van der Waals surface area contributed by atoms with Gasteiger partial charge in [0.15, 0.2) is 11.8 Å². The van der Waals surface area contributed by atoms with Gasteiger partial charge in [-0.25, -0.2) is 4.99 Å². The van der Waals surface area contributed by atoms with Crippen molar-refractivity contribution in [3.63, 3.8) is 0 Å². The molecular formula is C15H28N6S. The van der Waals surface area contributed by atoms with Crippen molar-refractivity contribution in [2.45, 2.75) is 52.1 Å². The molecule has 22 heavy (non-hydrogen) atoms. The maximum Gasteiger partial charge on any atom is 0.191 e. The first-order valence-electron chi connectivity index (χ1n) is 8.18. The van der Waals surface area contributed by atoms with Crippen LogP contribution in [0.15, 0.2) is 4.99 Å². The zero-order valence-electron chi connectivity index (χ0n) is 13.9. The van der Waals surface area contributed by atoms with E-state index in [9.17, 15) is 0 Å². The molecule has 1 fully saturated rings. The third kappa shape index (κ3) is 5.19. The van der Waals surface area contributed by atoms with E-state index in [1.807, 2.05) is 30.3 Å². The monoisotopic (exact) mass is 324 g/mol. The Morgan fingerprint density at radius 1 is 1.45 bits per heavy atom. The standard InChI is InChI=1S/C15H28N6S/c1-4-5-8-16-15(18-13-7-6-9-22-11-13)17-10-14-20-19-12(2)21(14)3/h13H,4-11H2,1-3H3,(H2,16,17,18). The maximum atomic E-state index is 4.70. The maximum absolute atomic E-state index is 4.70. The van der Waals surface area contributed by atoms with E-state index in [2.05, 4.69) is 27.8 Å². The Morgan fingerprint density at radius 2 is 2.32 bits per heavy atom. The lowest BCUT2D eigenvalue weighted by Crippen LogP contribution is -2.45. The van der Waals surface area contributed by atoms with Crippen molar-refractivity contribution in [1.82, 2.24) is 25.4 Å². The largest absolute Gasteiger partial charge is 0.356 e. The molecule has 0 radical (unpaired) electrons. The average molecular weight is 324 g/mol. The number of aliphatic imine (C=N–C) groups is 1. The summed E-state index contributed by atoms with van der Waals surface area (Å²) >= 11 is 2.02. The molecule has 1 saturated heterocycles. The molecule has 0 spiro atoms.